The standard InChI is InChI=1S/C13H18N4O/c14-12-10(15-17-16-12)11(18)13-4-7-1-8(5-13)3-9(2-7)6-13/h7-9H,1-6H2,(H3,14,15,16,17). The van der Waals surface area contributed by atoms with E-state index in [-0.39, 0.29) is 17.0 Å². The van der Waals surface area contributed by atoms with Crippen LogP contribution in [0.15, 0.2) is 0 Å². The smallest absolute Gasteiger partial charge is 0.193 e. The van der Waals surface area contributed by atoms with Crippen LogP contribution in [0.5, 0.6) is 0 Å². The topological polar surface area (TPSA) is 84.7 Å². The molecule has 5 rings (SSSR count). The first kappa shape index (κ1) is 10.5. The van der Waals surface area contributed by atoms with Gasteiger partial charge in [0.05, 0.1) is 0 Å². The summed E-state index contributed by atoms with van der Waals surface area (Å²) < 4.78 is 0. The lowest BCUT2D eigenvalue weighted by atomic mass is 9.48. The number of H-pyrrole nitrogens is 1. The van der Waals surface area contributed by atoms with Gasteiger partial charge in [0.25, 0.3) is 0 Å². The van der Waals surface area contributed by atoms with Gasteiger partial charge in [-0.05, 0) is 56.3 Å². The normalized spacial score (nSPS) is 41.2. The number of ketones is 1. The number of nitrogen functional groups attached to an aromatic ring is 1. The van der Waals surface area contributed by atoms with E-state index >= 15 is 0 Å². The van der Waals surface area contributed by atoms with Gasteiger partial charge in [-0.2, -0.15) is 10.3 Å². The van der Waals surface area contributed by atoms with E-state index in [1.807, 2.05) is 0 Å². The van der Waals surface area contributed by atoms with Crippen LogP contribution in [0.2, 0.25) is 0 Å². The lowest BCUT2D eigenvalue weighted by Crippen LogP contribution is -2.50. The molecule has 4 fully saturated rings. The van der Waals surface area contributed by atoms with Crippen molar-refractivity contribution in [2.45, 2.75) is 38.5 Å². The summed E-state index contributed by atoms with van der Waals surface area (Å²) in [7, 11) is 0. The highest BCUT2D eigenvalue weighted by molar-refractivity contribution is 6.02. The summed E-state index contributed by atoms with van der Waals surface area (Å²) >= 11 is 0. The van der Waals surface area contributed by atoms with E-state index in [0.717, 1.165) is 37.0 Å². The van der Waals surface area contributed by atoms with Crippen molar-refractivity contribution in [2.75, 3.05) is 5.73 Å². The zero-order valence-electron chi connectivity index (χ0n) is 10.4. The predicted octanol–water partition coefficient (Wildman–Crippen LogP) is 1.79. The maximum absolute atomic E-state index is 12.8. The molecule has 1 aromatic heterocycles. The van der Waals surface area contributed by atoms with Crippen molar-refractivity contribution in [1.29, 1.82) is 0 Å². The molecule has 1 aromatic rings. The quantitative estimate of drug-likeness (QED) is 0.779. The molecule has 0 saturated heterocycles. The summed E-state index contributed by atoms with van der Waals surface area (Å²) in [4.78, 5) is 12.8. The highest BCUT2D eigenvalue weighted by Gasteiger charge is 2.55. The van der Waals surface area contributed by atoms with Crippen LogP contribution < -0.4 is 5.73 Å². The third-order valence-corrected chi connectivity index (χ3v) is 5.31. The molecule has 0 radical (unpaired) electrons. The number of nitrogens with zero attached hydrogens (tertiary/aromatic N) is 2. The van der Waals surface area contributed by atoms with Gasteiger partial charge in [-0.3, -0.25) is 4.79 Å². The minimum atomic E-state index is -0.167. The van der Waals surface area contributed by atoms with Crippen LogP contribution in [0.25, 0.3) is 0 Å². The third kappa shape index (κ3) is 1.30. The van der Waals surface area contributed by atoms with Gasteiger partial charge in [0.15, 0.2) is 17.3 Å². The molecule has 0 amide bonds. The fourth-order valence-corrected chi connectivity index (χ4v) is 5.05. The predicted molar refractivity (Wildman–Crippen MR) is 65.7 cm³/mol. The largest absolute Gasteiger partial charge is 0.380 e. The van der Waals surface area contributed by atoms with Crippen LogP contribution in [0.3, 0.4) is 0 Å². The minimum absolute atomic E-state index is 0.146. The lowest BCUT2D eigenvalue weighted by molar-refractivity contribution is -0.0355. The van der Waals surface area contributed by atoms with Crippen molar-refractivity contribution in [1.82, 2.24) is 15.4 Å². The SMILES string of the molecule is Nc1n[nH]nc1C(=O)C12CC3CC(CC(C3)C1)C2. The number of Topliss-reactive ketones (excluding diaryl/α,β-unsaturated/α-hetero) is 1. The number of carbonyl (C=O) groups is 1. The number of hydrogen-bond donors (Lipinski definition) is 2. The fraction of sp³-hybridized carbons (Fsp3) is 0.769. The molecule has 4 saturated carbocycles. The van der Waals surface area contributed by atoms with Crippen LogP contribution in [-0.2, 0) is 0 Å². The number of nitrogens with two attached hydrogens (primary N) is 1. The molecule has 4 aliphatic rings. The molecule has 1 heterocycles. The van der Waals surface area contributed by atoms with Crippen LogP contribution in [0.1, 0.15) is 49.0 Å². The van der Waals surface area contributed by atoms with Crippen molar-refractivity contribution in [3.63, 3.8) is 0 Å². The Bertz CT molecular complexity index is 472. The Balaban J connectivity index is 1.72. The molecule has 0 aromatic carbocycles. The molecule has 0 spiro atoms. The Hall–Kier alpha value is -1.39. The molecule has 96 valence electrons. The zero-order valence-corrected chi connectivity index (χ0v) is 10.4. The summed E-state index contributed by atoms with van der Waals surface area (Å²) in [5.74, 6) is 2.68. The Morgan fingerprint density at radius 3 is 2.11 bits per heavy atom. The number of hydrogen-bond acceptors (Lipinski definition) is 4. The first-order chi connectivity index (χ1) is 8.66. The van der Waals surface area contributed by atoms with E-state index in [1.54, 1.807) is 0 Å². The van der Waals surface area contributed by atoms with Crippen molar-refractivity contribution < 1.29 is 4.79 Å². The second-order valence-electron chi connectivity index (χ2n) is 6.58. The summed E-state index contributed by atoms with van der Waals surface area (Å²) in [5, 5.41) is 10.2. The van der Waals surface area contributed by atoms with Crippen LogP contribution >= 0.6 is 0 Å². The number of nitrogens with one attached hydrogen (secondary N) is 1. The first-order valence-electron chi connectivity index (χ1n) is 6.87. The maximum Gasteiger partial charge on any atom is 0.193 e. The molecular formula is C13H18N4O. The van der Waals surface area contributed by atoms with E-state index in [0.29, 0.717) is 5.69 Å². The Morgan fingerprint density at radius 2 is 1.67 bits per heavy atom. The zero-order chi connectivity index (χ0) is 12.3. The van der Waals surface area contributed by atoms with Gasteiger partial charge in [0.1, 0.15) is 0 Å². The molecule has 0 aliphatic heterocycles. The van der Waals surface area contributed by atoms with Crippen molar-refractivity contribution >= 4 is 11.6 Å². The molecule has 3 N–H and O–H groups in total. The molecular weight excluding hydrogens is 228 g/mol. The second-order valence-corrected chi connectivity index (χ2v) is 6.58. The van der Waals surface area contributed by atoms with Crippen LogP contribution in [0.4, 0.5) is 5.82 Å². The highest BCUT2D eigenvalue weighted by atomic mass is 16.1. The second kappa shape index (κ2) is 3.33. The van der Waals surface area contributed by atoms with Crippen molar-refractivity contribution in [2.24, 2.45) is 23.2 Å². The maximum atomic E-state index is 12.8. The number of carbonyl (C=O) groups excluding carboxylic acids is 1. The van der Waals surface area contributed by atoms with Gasteiger partial charge in [-0.15, -0.1) is 5.10 Å². The van der Waals surface area contributed by atoms with Crippen molar-refractivity contribution in [3.05, 3.63) is 5.69 Å². The molecule has 0 atom stereocenters. The van der Waals surface area contributed by atoms with Gasteiger partial charge in [-0.25, -0.2) is 0 Å². The molecule has 0 unspecified atom stereocenters. The van der Waals surface area contributed by atoms with Crippen LogP contribution in [-0.4, -0.2) is 21.2 Å². The molecule has 18 heavy (non-hydrogen) atoms. The van der Waals surface area contributed by atoms with Crippen LogP contribution in [0, 0.1) is 23.2 Å². The van der Waals surface area contributed by atoms with E-state index in [9.17, 15) is 4.79 Å². The van der Waals surface area contributed by atoms with Gasteiger partial charge >= 0.3 is 0 Å². The first-order valence-corrected chi connectivity index (χ1v) is 6.87. The monoisotopic (exact) mass is 246 g/mol. The average Bonchev–Trinajstić information content (AvgIpc) is 2.72. The van der Waals surface area contributed by atoms with E-state index in [1.165, 1.54) is 19.3 Å². The van der Waals surface area contributed by atoms with Crippen molar-refractivity contribution in [3.8, 4) is 0 Å². The summed E-state index contributed by atoms with van der Waals surface area (Å²) in [6, 6.07) is 0. The van der Waals surface area contributed by atoms with Gasteiger partial charge in [0.2, 0.25) is 0 Å². The Labute approximate surface area is 106 Å². The summed E-state index contributed by atoms with van der Waals surface area (Å²) in [6.07, 6.45) is 7.14. The van der Waals surface area contributed by atoms with Gasteiger partial charge < -0.3 is 5.73 Å². The summed E-state index contributed by atoms with van der Waals surface area (Å²) in [6.45, 7) is 0. The third-order valence-electron chi connectivity index (χ3n) is 5.31. The minimum Gasteiger partial charge on any atom is -0.380 e. The number of aromatic amines is 1. The average molecular weight is 246 g/mol. The summed E-state index contributed by atoms with van der Waals surface area (Å²) in [5.41, 5.74) is 5.94. The van der Waals surface area contributed by atoms with Gasteiger partial charge in [0, 0.05) is 5.41 Å². The molecule has 4 aliphatic carbocycles. The molecule has 4 bridgehead atoms. The van der Waals surface area contributed by atoms with E-state index < -0.39 is 0 Å². The molecule has 5 nitrogen and oxygen atoms in total. The Morgan fingerprint density at radius 1 is 1.11 bits per heavy atom. The highest BCUT2D eigenvalue weighted by Crippen LogP contribution is 2.60. The number of anilines is 1. The Kier molecular flexibility index (Phi) is 1.95. The lowest BCUT2D eigenvalue weighted by Gasteiger charge is -2.55. The van der Waals surface area contributed by atoms with E-state index in [4.69, 9.17) is 5.73 Å². The van der Waals surface area contributed by atoms with Gasteiger partial charge in [-0.1, -0.05) is 0 Å². The molecule has 5 heteroatoms. The van der Waals surface area contributed by atoms with E-state index in [2.05, 4.69) is 15.4 Å². The number of aromatic nitrogens is 3. The fourth-order valence-electron chi connectivity index (χ4n) is 5.05. The number of rotatable bonds is 2.